The van der Waals surface area contributed by atoms with Crippen molar-refractivity contribution in [1.82, 2.24) is 9.88 Å². The van der Waals surface area contributed by atoms with E-state index >= 15 is 0 Å². The zero-order valence-electron chi connectivity index (χ0n) is 8.95. The first kappa shape index (κ1) is 11.6. The molecule has 6 heteroatoms. The van der Waals surface area contributed by atoms with E-state index in [0.29, 0.717) is 16.0 Å². The van der Waals surface area contributed by atoms with Crippen molar-refractivity contribution in [1.29, 1.82) is 0 Å². The van der Waals surface area contributed by atoms with Crippen molar-refractivity contribution in [2.75, 3.05) is 12.8 Å². The van der Waals surface area contributed by atoms with Gasteiger partial charge >= 0.3 is 0 Å². The van der Waals surface area contributed by atoms with Crippen LogP contribution in [0.3, 0.4) is 0 Å². The van der Waals surface area contributed by atoms with Crippen LogP contribution in [0.1, 0.15) is 17.9 Å². The number of hydrogen-bond acceptors (Lipinski definition) is 4. The molecule has 2 heterocycles. The highest BCUT2D eigenvalue weighted by Gasteiger charge is 2.27. The molecule has 0 saturated heterocycles. The third-order valence-corrected chi connectivity index (χ3v) is 4.48. The summed E-state index contributed by atoms with van der Waals surface area (Å²) in [5.41, 5.74) is 7.38. The van der Waals surface area contributed by atoms with Crippen LogP contribution in [-0.4, -0.2) is 16.9 Å². The third kappa shape index (κ3) is 1.87. The standard InChI is InChI=1S/C10H12BrN3OS/c1-5-4-16-10(14(5)2)8-6(15)3-7(12)13-9(8)11/h3-4,10H,1-2H3,(H3,12,13,15). The number of nitrogens with two attached hydrogens (primary N) is 1. The van der Waals surface area contributed by atoms with E-state index in [1.165, 1.54) is 6.07 Å². The number of hydrogen-bond donors (Lipinski definition) is 2. The third-order valence-electron chi connectivity index (χ3n) is 2.57. The van der Waals surface area contributed by atoms with Gasteiger partial charge in [0.05, 0.1) is 10.2 Å². The van der Waals surface area contributed by atoms with E-state index in [1.54, 1.807) is 11.8 Å². The minimum atomic E-state index is -0.0458. The van der Waals surface area contributed by atoms with Gasteiger partial charge in [0.25, 0.3) is 0 Å². The molecule has 0 aliphatic carbocycles. The number of H-pyrrole nitrogens is 1. The molecular formula is C10H12BrN3OS. The van der Waals surface area contributed by atoms with Gasteiger partial charge in [0.2, 0.25) is 0 Å². The van der Waals surface area contributed by atoms with Gasteiger partial charge in [-0.05, 0) is 28.3 Å². The van der Waals surface area contributed by atoms with E-state index in [4.69, 9.17) is 5.73 Å². The SMILES string of the molecule is CC1=CSC(c2c(Br)[nH]c(N)cc2=O)N1C. The average Bonchev–Trinajstić information content (AvgIpc) is 2.48. The minimum absolute atomic E-state index is 0.0127. The highest BCUT2D eigenvalue weighted by atomic mass is 79.9. The van der Waals surface area contributed by atoms with Crippen LogP contribution in [-0.2, 0) is 0 Å². The fourth-order valence-electron chi connectivity index (χ4n) is 1.57. The summed E-state index contributed by atoms with van der Waals surface area (Å²) >= 11 is 4.98. The Morgan fingerprint density at radius 1 is 1.62 bits per heavy atom. The number of anilines is 1. The molecule has 1 aliphatic rings. The first-order valence-electron chi connectivity index (χ1n) is 4.74. The second-order valence-electron chi connectivity index (χ2n) is 3.68. The zero-order valence-corrected chi connectivity index (χ0v) is 11.4. The molecule has 0 bridgehead atoms. The molecule has 3 N–H and O–H groups in total. The summed E-state index contributed by atoms with van der Waals surface area (Å²) < 4.78 is 0.657. The largest absolute Gasteiger partial charge is 0.385 e. The number of pyridine rings is 1. The van der Waals surface area contributed by atoms with Crippen LogP contribution in [0.4, 0.5) is 5.82 Å². The number of nitrogen functional groups attached to an aromatic ring is 1. The van der Waals surface area contributed by atoms with Gasteiger partial charge in [-0.2, -0.15) is 0 Å². The number of aromatic amines is 1. The van der Waals surface area contributed by atoms with Crippen LogP contribution in [0.2, 0.25) is 0 Å². The Hall–Kier alpha value is -0.880. The first-order valence-corrected chi connectivity index (χ1v) is 6.47. The van der Waals surface area contributed by atoms with E-state index in [-0.39, 0.29) is 10.8 Å². The minimum Gasteiger partial charge on any atom is -0.385 e. The molecule has 1 aromatic heterocycles. The maximum Gasteiger partial charge on any atom is 0.191 e. The molecule has 1 aromatic rings. The normalized spacial score (nSPS) is 20.1. The van der Waals surface area contributed by atoms with Gasteiger partial charge in [0, 0.05) is 18.8 Å². The summed E-state index contributed by atoms with van der Waals surface area (Å²) in [7, 11) is 1.97. The van der Waals surface area contributed by atoms with Crippen LogP contribution in [0.25, 0.3) is 0 Å². The van der Waals surface area contributed by atoms with Gasteiger partial charge in [-0.15, -0.1) is 11.8 Å². The fourth-order valence-corrected chi connectivity index (χ4v) is 3.58. The Morgan fingerprint density at radius 3 is 2.81 bits per heavy atom. The Morgan fingerprint density at radius 2 is 2.31 bits per heavy atom. The lowest BCUT2D eigenvalue weighted by Gasteiger charge is -2.23. The molecule has 1 aliphatic heterocycles. The molecule has 0 saturated carbocycles. The smallest absolute Gasteiger partial charge is 0.191 e. The average molecular weight is 302 g/mol. The molecule has 0 radical (unpaired) electrons. The predicted octanol–water partition coefficient (Wildman–Crippen LogP) is 2.26. The maximum atomic E-state index is 11.9. The van der Waals surface area contributed by atoms with Crippen LogP contribution < -0.4 is 11.2 Å². The van der Waals surface area contributed by atoms with Crippen LogP contribution in [0.5, 0.6) is 0 Å². The van der Waals surface area contributed by atoms with Crippen molar-refractivity contribution in [2.24, 2.45) is 0 Å². The topological polar surface area (TPSA) is 62.1 Å². The van der Waals surface area contributed by atoms with Gasteiger partial charge < -0.3 is 15.6 Å². The number of nitrogens with zero attached hydrogens (tertiary/aromatic N) is 1. The molecule has 0 aromatic carbocycles. The van der Waals surface area contributed by atoms with Crippen LogP contribution in [0.15, 0.2) is 26.6 Å². The number of aromatic nitrogens is 1. The van der Waals surface area contributed by atoms with Crippen molar-refractivity contribution in [2.45, 2.75) is 12.3 Å². The number of allylic oxidation sites excluding steroid dienone is 1. The van der Waals surface area contributed by atoms with E-state index in [1.807, 2.05) is 19.4 Å². The highest BCUT2D eigenvalue weighted by molar-refractivity contribution is 9.10. The van der Waals surface area contributed by atoms with Crippen molar-refractivity contribution in [3.8, 4) is 0 Å². The van der Waals surface area contributed by atoms with Crippen molar-refractivity contribution in [3.05, 3.63) is 37.6 Å². The second-order valence-corrected chi connectivity index (χ2v) is 5.42. The van der Waals surface area contributed by atoms with Gasteiger partial charge in [0.1, 0.15) is 11.2 Å². The summed E-state index contributed by atoms with van der Waals surface area (Å²) in [6.07, 6.45) is 0. The summed E-state index contributed by atoms with van der Waals surface area (Å²) in [5, 5.41) is 2.06. The lowest BCUT2D eigenvalue weighted by Crippen LogP contribution is -2.23. The van der Waals surface area contributed by atoms with E-state index < -0.39 is 0 Å². The zero-order chi connectivity index (χ0) is 11.9. The Kier molecular flexibility index (Phi) is 3.03. The van der Waals surface area contributed by atoms with Gasteiger partial charge in [0.15, 0.2) is 5.43 Å². The maximum absolute atomic E-state index is 11.9. The van der Waals surface area contributed by atoms with Gasteiger partial charge in [-0.3, -0.25) is 4.79 Å². The van der Waals surface area contributed by atoms with Crippen molar-refractivity contribution < 1.29 is 0 Å². The summed E-state index contributed by atoms with van der Waals surface area (Å²) in [4.78, 5) is 16.9. The molecule has 2 rings (SSSR count). The molecule has 16 heavy (non-hydrogen) atoms. The predicted molar refractivity (Wildman–Crippen MR) is 71.0 cm³/mol. The number of rotatable bonds is 1. The summed E-state index contributed by atoms with van der Waals surface area (Å²) in [6.45, 7) is 2.02. The molecule has 4 nitrogen and oxygen atoms in total. The summed E-state index contributed by atoms with van der Waals surface area (Å²) in [5.74, 6) is 0.371. The number of thioether (sulfide) groups is 1. The molecule has 0 amide bonds. The molecule has 86 valence electrons. The molecule has 0 fully saturated rings. The Labute approximate surface area is 106 Å². The van der Waals surface area contributed by atoms with Crippen LogP contribution >= 0.6 is 27.7 Å². The van der Waals surface area contributed by atoms with E-state index in [9.17, 15) is 4.79 Å². The fraction of sp³-hybridized carbons (Fsp3) is 0.300. The lowest BCUT2D eigenvalue weighted by atomic mass is 10.2. The first-order chi connectivity index (χ1) is 7.50. The monoisotopic (exact) mass is 301 g/mol. The number of nitrogens with one attached hydrogen (secondary N) is 1. The molecular weight excluding hydrogens is 290 g/mol. The Balaban J connectivity index is 2.47. The van der Waals surface area contributed by atoms with E-state index in [2.05, 4.69) is 25.8 Å². The quantitative estimate of drug-likeness (QED) is 0.781. The van der Waals surface area contributed by atoms with E-state index in [0.717, 1.165) is 5.70 Å². The molecule has 0 spiro atoms. The summed E-state index contributed by atoms with van der Waals surface area (Å²) in [6, 6.07) is 1.42. The lowest BCUT2D eigenvalue weighted by molar-refractivity contribution is 0.409. The van der Waals surface area contributed by atoms with Gasteiger partial charge in [-0.25, -0.2) is 0 Å². The molecule has 1 atom stereocenters. The van der Waals surface area contributed by atoms with Gasteiger partial charge in [-0.1, -0.05) is 0 Å². The number of halogens is 1. The molecule has 1 unspecified atom stereocenters. The Bertz CT molecular complexity index is 511. The second kappa shape index (κ2) is 4.18. The van der Waals surface area contributed by atoms with Crippen molar-refractivity contribution >= 4 is 33.5 Å². The van der Waals surface area contributed by atoms with Crippen LogP contribution in [0, 0.1) is 0 Å². The van der Waals surface area contributed by atoms with Crippen molar-refractivity contribution in [3.63, 3.8) is 0 Å². The highest BCUT2D eigenvalue weighted by Crippen LogP contribution is 2.41.